The molecule has 0 radical (unpaired) electrons. The largest absolute Gasteiger partial charge is 0.294 e. The van der Waals surface area contributed by atoms with E-state index in [9.17, 15) is 9.18 Å². The van der Waals surface area contributed by atoms with Crippen molar-refractivity contribution in [2.45, 2.75) is 32.1 Å². The van der Waals surface area contributed by atoms with Crippen molar-refractivity contribution in [2.75, 3.05) is 0 Å². The van der Waals surface area contributed by atoms with Crippen LogP contribution >= 0.6 is 11.6 Å². The highest BCUT2D eigenvalue weighted by Gasteiger charge is 2.15. The normalized spacial score (nSPS) is 15.5. The topological polar surface area (TPSA) is 17.1 Å². The zero-order valence-corrected chi connectivity index (χ0v) is 10.3. The van der Waals surface area contributed by atoms with Gasteiger partial charge in [0, 0.05) is 6.42 Å². The van der Waals surface area contributed by atoms with Crippen molar-refractivity contribution >= 4 is 17.4 Å². The zero-order chi connectivity index (χ0) is 12.3. The minimum Gasteiger partial charge on any atom is -0.294 e. The van der Waals surface area contributed by atoms with Crippen LogP contribution in [0.4, 0.5) is 4.39 Å². The van der Waals surface area contributed by atoms with E-state index in [1.165, 1.54) is 6.07 Å². The van der Waals surface area contributed by atoms with Gasteiger partial charge in [-0.05, 0) is 42.9 Å². The Morgan fingerprint density at radius 2 is 2.18 bits per heavy atom. The number of ketones is 1. The van der Waals surface area contributed by atoms with Gasteiger partial charge in [-0.15, -0.1) is 0 Å². The summed E-state index contributed by atoms with van der Waals surface area (Å²) in [5, 5.41) is 0.0768. The number of carbonyl (C=O) groups excluding carboxylic acids is 1. The Morgan fingerprint density at radius 1 is 1.35 bits per heavy atom. The smallest absolute Gasteiger partial charge is 0.163 e. The molecule has 0 aromatic heterocycles. The van der Waals surface area contributed by atoms with E-state index in [4.69, 9.17) is 11.6 Å². The summed E-state index contributed by atoms with van der Waals surface area (Å²) in [6.07, 6.45) is 6.06. The van der Waals surface area contributed by atoms with Crippen molar-refractivity contribution in [3.8, 4) is 0 Å². The standard InChI is InChI=1S/C14H14ClFO/c15-12-8-4-7-11(14(12)16)9-13(17)10-5-2-1-3-6-10/h4-5,7-8H,1-3,6,9H2. The lowest BCUT2D eigenvalue weighted by Gasteiger charge is -2.11. The minimum absolute atomic E-state index is 0.0193. The maximum Gasteiger partial charge on any atom is 0.163 e. The van der Waals surface area contributed by atoms with Gasteiger partial charge in [-0.3, -0.25) is 4.79 Å². The van der Waals surface area contributed by atoms with E-state index in [1.54, 1.807) is 12.1 Å². The van der Waals surface area contributed by atoms with E-state index in [0.29, 0.717) is 5.56 Å². The molecular formula is C14H14ClFO. The van der Waals surface area contributed by atoms with Crippen LogP contribution in [0, 0.1) is 5.82 Å². The quantitative estimate of drug-likeness (QED) is 0.792. The van der Waals surface area contributed by atoms with Gasteiger partial charge in [-0.1, -0.05) is 29.8 Å². The molecule has 0 heterocycles. The molecular weight excluding hydrogens is 239 g/mol. The fourth-order valence-electron chi connectivity index (χ4n) is 2.06. The zero-order valence-electron chi connectivity index (χ0n) is 9.51. The number of hydrogen-bond acceptors (Lipinski definition) is 1. The van der Waals surface area contributed by atoms with Crippen molar-refractivity contribution in [3.05, 3.63) is 46.3 Å². The van der Waals surface area contributed by atoms with Crippen LogP contribution in [0.3, 0.4) is 0 Å². The first-order chi connectivity index (χ1) is 8.18. The number of hydrogen-bond donors (Lipinski definition) is 0. The fraction of sp³-hybridized carbons (Fsp3) is 0.357. The monoisotopic (exact) mass is 252 g/mol. The van der Waals surface area contributed by atoms with Crippen molar-refractivity contribution < 1.29 is 9.18 Å². The average Bonchev–Trinajstić information content (AvgIpc) is 2.36. The van der Waals surface area contributed by atoms with Crippen LogP contribution in [0.1, 0.15) is 31.2 Å². The molecule has 0 fully saturated rings. The Hall–Kier alpha value is -1.15. The maximum atomic E-state index is 13.6. The molecule has 0 N–H and O–H groups in total. The van der Waals surface area contributed by atoms with Gasteiger partial charge in [0.05, 0.1) is 5.02 Å². The third-order valence-corrected chi connectivity index (χ3v) is 3.32. The lowest BCUT2D eigenvalue weighted by molar-refractivity contribution is -0.115. The predicted octanol–water partition coefficient (Wildman–Crippen LogP) is 4.09. The minimum atomic E-state index is -0.473. The van der Waals surface area contributed by atoms with Gasteiger partial charge in [0.15, 0.2) is 5.78 Å². The van der Waals surface area contributed by atoms with Crippen LogP contribution < -0.4 is 0 Å². The average molecular weight is 253 g/mol. The predicted molar refractivity (Wildman–Crippen MR) is 66.7 cm³/mol. The first kappa shape index (κ1) is 12.3. The molecule has 1 aliphatic rings. The highest BCUT2D eigenvalue weighted by atomic mass is 35.5. The third-order valence-electron chi connectivity index (χ3n) is 3.03. The van der Waals surface area contributed by atoms with Crippen molar-refractivity contribution in [1.29, 1.82) is 0 Å². The number of carbonyl (C=O) groups is 1. The molecule has 1 nitrogen and oxygen atoms in total. The van der Waals surface area contributed by atoms with E-state index in [0.717, 1.165) is 31.3 Å². The summed E-state index contributed by atoms with van der Waals surface area (Å²) in [5.41, 5.74) is 1.23. The number of rotatable bonds is 3. The van der Waals surface area contributed by atoms with Gasteiger partial charge in [0.1, 0.15) is 5.82 Å². The molecule has 90 valence electrons. The van der Waals surface area contributed by atoms with Crippen LogP contribution in [0.2, 0.25) is 5.02 Å². The first-order valence-corrected chi connectivity index (χ1v) is 6.21. The van der Waals surface area contributed by atoms with E-state index >= 15 is 0 Å². The van der Waals surface area contributed by atoms with E-state index in [-0.39, 0.29) is 17.2 Å². The van der Waals surface area contributed by atoms with Gasteiger partial charge in [-0.25, -0.2) is 4.39 Å². The van der Waals surface area contributed by atoms with Crippen molar-refractivity contribution in [1.82, 2.24) is 0 Å². The molecule has 3 heteroatoms. The van der Waals surface area contributed by atoms with Gasteiger partial charge in [0.2, 0.25) is 0 Å². The molecule has 0 spiro atoms. The second-order valence-corrected chi connectivity index (χ2v) is 4.70. The van der Waals surface area contributed by atoms with Crippen LogP contribution in [0.15, 0.2) is 29.8 Å². The fourth-order valence-corrected chi connectivity index (χ4v) is 2.26. The number of halogens is 2. The molecule has 0 atom stereocenters. The third kappa shape index (κ3) is 2.95. The molecule has 0 amide bonds. The van der Waals surface area contributed by atoms with E-state index < -0.39 is 5.82 Å². The summed E-state index contributed by atoms with van der Waals surface area (Å²) in [5.74, 6) is -0.454. The van der Waals surface area contributed by atoms with Crippen LogP contribution in [-0.2, 0) is 11.2 Å². The molecule has 17 heavy (non-hydrogen) atoms. The maximum absolute atomic E-state index is 13.6. The second-order valence-electron chi connectivity index (χ2n) is 4.29. The lowest BCUT2D eigenvalue weighted by Crippen LogP contribution is -2.10. The van der Waals surface area contributed by atoms with Crippen LogP contribution in [0.5, 0.6) is 0 Å². The van der Waals surface area contributed by atoms with Gasteiger partial charge in [0.25, 0.3) is 0 Å². The number of benzene rings is 1. The Balaban J connectivity index is 2.13. The molecule has 0 saturated carbocycles. The molecule has 1 aromatic rings. The highest BCUT2D eigenvalue weighted by Crippen LogP contribution is 2.22. The number of allylic oxidation sites excluding steroid dienone is 2. The Morgan fingerprint density at radius 3 is 2.88 bits per heavy atom. The van der Waals surface area contributed by atoms with Gasteiger partial charge in [-0.2, -0.15) is 0 Å². The van der Waals surface area contributed by atoms with E-state index in [1.807, 2.05) is 6.08 Å². The summed E-state index contributed by atoms with van der Waals surface area (Å²) in [7, 11) is 0. The van der Waals surface area contributed by atoms with E-state index in [2.05, 4.69) is 0 Å². The molecule has 0 bridgehead atoms. The Kier molecular flexibility index (Phi) is 3.95. The first-order valence-electron chi connectivity index (χ1n) is 5.83. The summed E-state index contributed by atoms with van der Waals surface area (Å²) in [6.45, 7) is 0. The molecule has 0 saturated heterocycles. The molecule has 2 rings (SSSR count). The van der Waals surface area contributed by atoms with Crippen LogP contribution in [-0.4, -0.2) is 5.78 Å². The van der Waals surface area contributed by atoms with Crippen molar-refractivity contribution in [3.63, 3.8) is 0 Å². The van der Waals surface area contributed by atoms with Crippen LogP contribution in [0.25, 0.3) is 0 Å². The molecule has 0 aliphatic heterocycles. The lowest BCUT2D eigenvalue weighted by atomic mass is 9.93. The molecule has 0 unspecified atom stereocenters. The summed E-state index contributed by atoms with van der Waals surface area (Å²) in [4.78, 5) is 12.0. The Bertz CT molecular complexity index is 465. The molecule has 1 aliphatic carbocycles. The van der Waals surface area contributed by atoms with Gasteiger partial charge >= 0.3 is 0 Å². The summed E-state index contributed by atoms with van der Waals surface area (Å²) in [6, 6.07) is 4.77. The summed E-state index contributed by atoms with van der Waals surface area (Å²) >= 11 is 5.68. The SMILES string of the molecule is O=C(Cc1cccc(Cl)c1F)C1=CCCCC1. The van der Waals surface area contributed by atoms with Gasteiger partial charge < -0.3 is 0 Å². The second kappa shape index (κ2) is 5.46. The number of Topliss-reactive ketones (excluding diaryl/α,β-unsaturated/α-hetero) is 1. The van der Waals surface area contributed by atoms with Crippen molar-refractivity contribution in [2.24, 2.45) is 0 Å². The summed E-state index contributed by atoms with van der Waals surface area (Å²) < 4.78 is 13.6. The Labute approximate surface area is 105 Å². The highest BCUT2D eigenvalue weighted by molar-refractivity contribution is 6.30. The molecule has 1 aromatic carbocycles.